The molecule has 1 amide bonds. The zero-order chi connectivity index (χ0) is 24.0. The van der Waals surface area contributed by atoms with Crippen molar-refractivity contribution >= 4 is 62.8 Å². The predicted octanol–water partition coefficient (Wildman–Crippen LogP) is 6.53. The highest BCUT2D eigenvalue weighted by molar-refractivity contribution is 9.10. The molecule has 0 saturated carbocycles. The monoisotopic (exact) mass is 544 g/mol. The molecule has 0 aromatic heterocycles. The zero-order valence-corrected chi connectivity index (χ0v) is 20.2. The number of nitrogens with one attached hydrogen (secondary N) is 1. The van der Waals surface area contributed by atoms with Crippen LogP contribution in [0, 0.1) is 11.3 Å². The minimum absolute atomic E-state index is 0.167. The zero-order valence-electron chi connectivity index (χ0n) is 17.1. The van der Waals surface area contributed by atoms with Crippen LogP contribution >= 0.6 is 39.1 Å². The molecule has 1 N–H and O–H groups in total. The van der Waals surface area contributed by atoms with Crippen molar-refractivity contribution in [1.29, 1.82) is 5.26 Å². The summed E-state index contributed by atoms with van der Waals surface area (Å²) in [6.45, 7) is 0. The van der Waals surface area contributed by atoms with Gasteiger partial charge < -0.3 is 14.8 Å². The minimum atomic E-state index is -0.700. The molecule has 0 atom stereocenters. The van der Waals surface area contributed by atoms with Crippen molar-refractivity contribution in [2.45, 2.75) is 0 Å². The second-order valence-corrected chi connectivity index (χ2v) is 8.31. The summed E-state index contributed by atoms with van der Waals surface area (Å²) in [5, 5.41) is 12.8. The van der Waals surface area contributed by atoms with E-state index in [9.17, 15) is 14.9 Å². The van der Waals surface area contributed by atoms with Gasteiger partial charge >= 0.3 is 5.97 Å². The van der Waals surface area contributed by atoms with Gasteiger partial charge in [-0.25, -0.2) is 4.79 Å². The molecular weight excluding hydrogens is 531 g/mol. The summed E-state index contributed by atoms with van der Waals surface area (Å²) in [4.78, 5) is 25.3. The van der Waals surface area contributed by atoms with Crippen LogP contribution in [-0.4, -0.2) is 19.0 Å². The van der Waals surface area contributed by atoms with E-state index in [0.29, 0.717) is 26.4 Å². The quantitative estimate of drug-likeness (QED) is 0.165. The van der Waals surface area contributed by atoms with Gasteiger partial charge in [-0.3, -0.25) is 4.79 Å². The molecule has 0 heterocycles. The van der Waals surface area contributed by atoms with E-state index in [2.05, 4.69) is 21.2 Å². The third-order valence-electron chi connectivity index (χ3n) is 4.34. The van der Waals surface area contributed by atoms with Gasteiger partial charge in [-0.1, -0.05) is 39.1 Å². The number of amides is 1. The number of benzene rings is 3. The van der Waals surface area contributed by atoms with Gasteiger partial charge in [0.15, 0.2) is 0 Å². The maximum Gasteiger partial charge on any atom is 0.343 e. The molecule has 3 rings (SSSR count). The first-order valence-corrected chi connectivity index (χ1v) is 10.9. The number of anilines is 1. The highest BCUT2D eigenvalue weighted by atomic mass is 79.9. The van der Waals surface area contributed by atoms with Gasteiger partial charge in [-0.05, 0) is 66.7 Å². The molecular formula is C24H15BrCl2N2O4. The third-order valence-corrected chi connectivity index (χ3v) is 5.40. The SMILES string of the molecule is COc1ccc(C(=O)Oc2ccc(Br)cc2/C=C(\C#N)C(=O)Nc2cc(Cl)ccc2Cl)cc1. The Morgan fingerprint density at radius 3 is 2.45 bits per heavy atom. The van der Waals surface area contributed by atoms with Crippen molar-refractivity contribution < 1.29 is 19.1 Å². The molecule has 6 nitrogen and oxygen atoms in total. The van der Waals surface area contributed by atoms with E-state index in [0.717, 1.165) is 0 Å². The fourth-order valence-corrected chi connectivity index (χ4v) is 3.41. The summed E-state index contributed by atoms with van der Waals surface area (Å²) in [7, 11) is 1.52. The van der Waals surface area contributed by atoms with Gasteiger partial charge in [0.1, 0.15) is 23.1 Å². The van der Waals surface area contributed by atoms with Gasteiger partial charge in [-0.2, -0.15) is 5.26 Å². The fraction of sp³-hybridized carbons (Fsp3) is 0.0417. The summed E-state index contributed by atoms with van der Waals surface area (Å²) in [6, 6.07) is 17.7. The lowest BCUT2D eigenvalue weighted by atomic mass is 10.1. The van der Waals surface area contributed by atoms with E-state index < -0.39 is 11.9 Å². The van der Waals surface area contributed by atoms with E-state index in [-0.39, 0.29) is 22.0 Å². The number of nitriles is 1. The summed E-state index contributed by atoms with van der Waals surface area (Å²) in [5.74, 6) is -0.541. The second kappa shape index (κ2) is 11.0. The first-order valence-electron chi connectivity index (χ1n) is 9.34. The molecule has 0 bridgehead atoms. The molecule has 0 fully saturated rings. The molecule has 3 aromatic carbocycles. The summed E-state index contributed by atoms with van der Waals surface area (Å²) in [6.07, 6.45) is 1.31. The number of esters is 1. The average molecular weight is 546 g/mol. The number of nitrogens with zero attached hydrogens (tertiary/aromatic N) is 1. The van der Waals surface area contributed by atoms with E-state index >= 15 is 0 Å². The number of carbonyl (C=O) groups is 2. The normalized spacial score (nSPS) is 10.8. The van der Waals surface area contributed by atoms with Crippen molar-refractivity contribution in [2.24, 2.45) is 0 Å². The standard InChI is InChI=1S/C24H15BrCl2N2O4/c1-32-19-6-2-14(3-7-19)24(31)33-22-9-4-17(25)11-15(22)10-16(13-28)23(30)29-21-12-18(26)5-8-20(21)27/h2-12H,1H3,(H,29,30)/b16-10+. The van der Waals surface area contributed by atoms with E-state index in [1.165, 1.54) is 25.3 Å². The number of ether oxygens (including phenoxy) is 2. The second-order valence-electron chi connectivity index (χ2n) is 6.55. The number of halogens is 3. The molecule has 166 valence electrons. The van der Waals surface area contributed by atoms with Gasteiger partial charge in [0.05, 0.1) is 23.4 Å². The molecule has 0 aliphatic heterocycles. The molecule has 3 aromatic rings. The molecule has 0 radical (unpaired) electrons. The van der Waals surface area contributed by atoms with Crippen LogP contribution in [0.2, 0.25) is 10.0 Å². The topological polar surface area (TPSA) is 88.4 Å². The van der Waals surface area contributed by atoms with Crippen LogP contribution in [0.1, 0.15) is 15.9 Å². The molecule has 0 unspecified atom stereocenters. The third kappa shape index (κ3) is 6.36. The maximum atomic E-state index is 12.7. The van der Waals surface area contributed by atoms with Crippen molar-refractivity contribution in [1.82, 2.24) is 0 Å². The fourth-order valence-electron chi connectivity index (χ4n) is 2.70. The molecule has 0 aliphatic rings. The predicted molar refractivity (Wildman–Crippen MR) is 131 cm³/mol. The Bertz CT molecular complexity index is 1280. The Morgan fingerprint density at radius 2 is 1.79 bits per heavy atom. The van der Waals surface area contributed by atoms with Crippen molar-refractivity contribution in [2.75, 3.05) is 12.4 Å². The first kappa shape index (κ1) is 24.3. The van der Waals surface area contributed by atoms with E-state index in [1.807, 2.05) is 6.07 Å². The Kier molecular flexibility index (Phi) is 8.12. The van der Waals surface area contributed by atoms with Gasteiger partial charge in [0.2, 0.25) is 0 Å². The Morgan fingerprint density at radius 1 is 1.06 bits per heavy atom. The number of hydrogen-bond donors (Lipinski definition) is 1. The van der Waals surface area contributed by atoms with E-state index in [4.69, 9.17) is 32.7 Å². The van der Waals surface area contributed by atoms with Crippen LogP contribution in [0.5, 0.6) is 11.5 Å². The van der Waals surface area contributed by atoms with Crippen LogP contribution in [0.15, 0.2) is 70.7 Å². The van der Waals surface area contributed by atoms with E-state index in [1.54, 1.807) is 48.5 Å². The van der Waals surface area contributed by atoms with Gasteiger partial charge in [-0.15, -0.1) is 0 Å². The summed E-state index contributed by atoms with van der Waals surface area (Å²) >= 11 is 15.4. The maximum absolute atomic E-state index is 12.7. The first-order chi connectivity index (χ1) is 15.8. The van der Waals surface area contributed by atoms with Crippen LogP contribution in [0.25, 0.3) is 6.08 Å². The Balaban J connectivity index is 1.88. The van der Waals surface area contributed by atoms with Crippen LogP contribution in [0.4, 0.5) is 5.69 Å². The van der Waals surface area contributed by atoms with Crippen molar-refractivity contribution in [3.05, 3.63) is 91.9 Å². The Hall–Kier alpha value is -3.31. The number of carbonyl (C=O) groups excluding carboxylic acids is 2. The number of rotatable bonds is 6. The number of methoxy groups -OCH3 is 1. The number of hydrogen-bond acceptors (Lipinski definition) is 5. The lowest BCUT2D eigenvalue weighted by molar-refractivity contribution is -0.112. The van der Waals surface area contributed by atoms with Gasteiger partial charge in [0.25, 0.3) is 5.91 Å². The van der Waals surface area contributed by atoms with Crippen molar-refractivity contribution in [3.8, 4) is 17.6 Å². The highest BCUT2D eigenvalue weighted by Gasteiger charge is 2.16. The molecule has 0 saturated heterocycles. The molecule has 0 spiro atoms. The summed E-state index contributed by atoms with van der Waals surface area (Å²) in [5.41, 5.74) is 0.680. The molecule has 33 heavy (non-hydrogen) atoms. The van der Waals surface area contributed by atoms with Crippen LogP contribution in [-0.2, 0) is 4.79 Å². The average Bonchev–Trinajstić information content (AvgIpc) is 2.81. The highest BCUT2D eigenvalue weighted by Crippen LogP contribution is 2.28. The largest absolute Gasteiger partial charge is 0.497 e. The minimum Gasteiger partial charge on any atom is -0.497 e. The smallest absolute Gasteiger partial charge is 0.343 e. The van der Waals surface area contributed by atoms with Crippen molar-refractivity contribution in [3.63, 3.8) is 0 Å². The van der Waals surface area contributed by atoms with Crippen LogP contribution < -0.4 is 14.8 Å². The lowest BCUT2D eigenvalue weighted by Crippen LogP contribution is -2.14. The summed E-state index contributed by atoms with van der Waals surface area (Å²) < 4.78 is 11.3. The molecule has 9 heteroatoms. The molecule has 0 aliphatic carbocycles. The van der Waals surface area contributed by atoms with Crippen LogP contribution in [0.3, 0.4) is 0 Å². The lowest BCUT2D eigenvalue weighted by Gasteiger charge is -2.10. The Labute approximate surface area is 208 Å². The van der Waals surface area contributed by atoms with Gasteiger partial charge in [0, 0.05) is 15.1 Å².